The molecule has 0 bridgehead atoms. The lowest BCUT2D eigenvalue weighted by atomic mass is 9.95. The van der Waals surface area contributed by atoms with Crippen LogP contribution in [0.2, 0.25) is 5.02 Å². The Bertz CT molecular complexity index is 835. The first-order valence-electron chi connectivity index (χ1n) is 7.56. The van der Waals surface area contributed by atoms with Gasteiger partial charge in [-0.3, -0.25) is 9.80 Å². The van der Waals surface area contributed by atoms with E-state index in [0.717, 1.165) is 16.7 Å². The van der Waals surface area contributed by atoms with Gasteiger partial charge in [0.25, 0.3) is 0 Å². The van der Waals surface area contributed by atoms with E-state index in [1.807, 2.05) is 55.5 Å². The quantitative estimate of drug-likeness (QED) is 0.908. The Labute approximate surface area is 146 Å². The molecule has 0 fully saturated rings. The van der Waals surface area contributed by atoms with Crippen LogP contribution in [0.1, 0.15) is 12.5 Å². The Morgan fingerprint density at radius 2 is 1.71 bits per heavy atom. The predicted molar refractivity (Wildman–Crippen MR) is 96.8 cm³/mol. The monoisotopic (exact) mass is 342 g/mol. The van der Waals surface area contributed by atoms with Crippen molar-refractivity contribution in [2.75, 3.05) is 14.1 Å². The van der Waals surface area contributed by atoms with Gasteiger partial charge in [-0.05, 0) is 36.2 Å². The Hall–Kier alpha value is -2.53. The van der Waals surface area contributed by atoms with Crippen LogP contribution in [0.4, 0.5) is 4.79 Å². The lowest BCUT2D eigenvalue weighted by Gasteiger charge is -2.42. The van der Waals surface area contributed by atoms with Crippen molar-refractivity contribution in [3.8, 4) is 11.1 Å². The zero-order chi connectivity index (χ0) is 17.5. The second-order valence-electron chi connectivity index (χ2n) is 5.98. The van der Waals surface area contributed by atoms with E-state index >= 15 is 0 Å². The number of hydrogen-bond acceptors (Lipinski definition) is 3. The summed E-state index contributed by atoms with van der Waals surface area (Å²) in [4.78, 5) is 19.9. The molecule has 6 heteroatoms. The van der Waals surface area contributed by atoms with Gasteiger partial charge < -0.3 is 5.73 Å². The molecule has 24 heavy (non-hydrogen) atoms. The Morgan fingerprint density at radius 1 is 1.08 bits per heavy atom. The highest BCUT2D eigenvalue weighted by Crippen LogP contribution is 2.34. The average molecular weight is 343 g/mol. The molecule has 3 rings (SSSR count). The Morgan fingerprint density at radius 3 is 2.38 bits per heavy atom. The van der Waals surface area contributed by atoms with Gasteiger partial charge in [-0.2, -0.15) is 0 Å². The van der Waals surface area contributed by atoms with Crippen LogP contribution in [-0.2, 0) is 5.66 Å². The van der Waals surface area contributed by atoms with Gasteiger partial charge >= 0.3 is 6.03 Å². The summed E-state index contributed by atoms with van der Waals surface area (Å²) in [6, 6.07) is 15.4. The van der Waals surface area contributed by atoms with Crippen LogP contribution in [0.5, 0.6) is 0 Å². The molecule has 0 radical (unpaired) electrons. The summed E-state index contributed by atoms with van der Waals surface area (Å²) in [5.74, 6) is 0.203. The number of halogens is 1. The average Bonchev–Trinajstić information content (AvgIpc) is 2.58. The second-order valence-corrected chi connectivity index (χ2v) is 6.42. The number of carbonyl (C=O) groups excluding carboxylic acids is 1. The third-order valence-electron chi connectivity index (χ3n) is 4.47. The summed E-state index contributed by atoms with van der Waals surface area (Å²) in [5, 5.41) is 0.679. The third-order valence-corrected chi connectivity index (χ3v) is 4.71. The van der Waals surface area contributed by atoms with E-state index in [2.05, 4.69) is 4.99 Å². The zero-order valence-corrected chi connectivity index (χ0v) is 14.6. The van der Waals surface area contributed by atoms with Crippen molar-refractivity contribution >= 4 is 23.6 Å². The smallest absolute Gasteiger partial charge is 0.328 e. The van der Waals surface area contributed by atoms with Crippen molar-refractivity contribution in [1.82, 2.24) is 9.80 Å². The van der Waals surface area contributed by atoms with Crippen LogP contribution in [0.25, 0.3) is 11.1 Å². The molecule has 1 aliphatic rings. The SMILES string of the molecule is CN1C(=O)N(C)C(C)(c2cccc(-c3cccc(Cl)c3)c2)N=C1N. The topological polar surface area (TPSA) is 61.9 Å². The maximum atomic E-state index is 12.4. The maximum absolute atomic E-state index is 12.4. The van der Waals surface area contributed by atoms with Crippen LogP contribution >= 0.6 is 11.6 Å². The molecule has 2 N–H and O–H groups in total. The van der Waals surface area contributed by atoms with Gasteiger partial charge in [0, 0.05) is 24.7 Å². The number of nitrogens with zero attached hydrogens (tertiary/aromatic N) is 3. The zero-order valence-electron chi connectivity index (χ0n) is 13.8. The summed E-state index contributed by atoms with van der Waals surface area (Å²) >= 11 is 6.09. The summed E-state index contributed by atoms with van der Waals surface area (Å²) in [6.45, 7) is 1.88. The van der Waals surface area contributed by atoms with Crippen molar-refractivity contribution in [3.63, 3.8) is 0 Å². The second kappa shape index (κ2) is 5.83. The molecule has 5 nitrogen and oxygen atoms in total. The molecule has 1 heterocycles. The van der Waals surface area contributed by atoms with Gasteiger partial charge in [0.1, 0.15) is 0 Å². The molecule has 0 aliphatic carbocycles. The molecule has 0 saturated carbocycles. The molecular formula is C18H19ClN4O. The first kappa shape index (κ1) is 16.3. The van der Waals surface area contributed by atoms with E-state index in [4.69, 9.17) is 17.3 Å². The van der Waals surface area contributed by atoms with Crippen molar-refractivity contribution in [2.24, 2.45) is 10.7 Å². The molecular weight excluding hydrogens is 324 g/mol. The highest BCUT2D eigenvalue weighted by atomic mass is 35.5. The van der Waals surface area contributed by atoms with Gasteiger partial charge in [-0.1, -0.05) is 41.9 Å². The van der Waals surface area contributed by atoms with Gasteiger partial charge in [-0.25, -0.2) is 9.79 Å². The van der Waals surface area contributed by atoms with Crippen molar-refractivity contribution in [1.29, 1.82) is 0 Å². The van der Waals surface area contributed by atoms with Crippen molar-refractivity contribution in [3.05, 3.63) is 59.1 Å². The summed E-state index contributed by atoms with van der Waals surface area (Å²) < 4.78 is 0. The number of urea groups is 1. The molecule has 0 aromatic heterocycles. The highest BCUT2D eigenvalue weighted by Gasteiger charge is 2.40. The number of aliphatic imine (C=N–C) groups is 1. The highest BCUT2D eigenvalue weighted by molar-refractivity contribution is 6.30. The fraction of sp³-hybridized carbons (Fsp3) is 0.222. The van der Waals surface area contributed by atoms with E-state index in [1.165, 1.54) is 4.90 Å². The molecule has 1 aliphatic heterocycles. The Kier molecular flexibility index (Phi) is 3.97. The lowest BCUT2D eigenvalue weighted by Crippen LogP contribution is -2.57. The van der Waals surface area contributed by atoms with Crippen molar-refractivity contribution in [2.45, 2.75) is 12.6 Å². The minimum atomic E-state index is -0.859. The molecule has 0 spiro atoms. The number of amides is 2. The molecule has 1 atom stereocenters. The minimum Gasteiger partial charge on any atom is -0.369 e. The molecule has 1 unspecified atom stereocenters. The molecule has 124 valence electrons. The molecule has 2 aromatic rings. The largest absolute Gasteiger partial charge is 0.369 e. The summed E-state index contributed by atoms with van der Waals surface area (Å²) in [6.07, 6.45) is 0. The standard InChI is InChI=1S/C18H19ClN4O/c1-18(21-16(20)22(2)17(24)23(18)3)14-8-4-6-12(10-14)13-7-5-9-15(19)11-13/h4-11H,1-3H3,(H2,20,21). The first-order chi connectivity index (χ1) is 11.3. The number of nitrogens with two attached hydrogens (primary N) is 1. The fourth-order valence-corrected chi connectivity index (χ4v) is 2.99. The van der Waals surface area contributed by atoms with E-state index in [0.29, 0.717) is 5.02 Å². The first-order valence-corrected chi connectivity index (χ1v) is 7.94. The van der Waals surface area contributed by atoms with Crippen LogP contribution in [-0.4, -0.2) is 35.9 Å². The van der Waals surface area contributed by atoms with E-state index in [1.54, 1.807) is 19.0 Å². The predicted octanol–water partition coefficient (Wildman–Crippen LogP) is 3.49. The lowest BCUT2D eigenvalue weighted by molar-refractivity contribution is 0.123. The van der Waals surface area contributed by atoms with Gasteiger partial charge in [0.2, 0.25) is 5.96 Å². The Balaban J connectivity index is 2.10. The van der Waals surface area contributed by atoms with E-state index in [9.17, 15) is 4.79 Å². The molecule has 2 amide bonds. The van der Waals surface area contributed by atoms with Crippen molar-refractivity contribution < 1.29 is 4.79 Å². The van der Waals surface area contributed by atoms with E-state index < -0.39 is 5.66 Å². The van der Waals surface area contributed by atoms with Gasteiger partial charge in [0.15, 0.2) is 5.66 Å². The van der Waals surface area contributed by atoms with Crippen LogP contribution in [0.3, 0.4) is 0 Å². The van der Waals surface area contributed by atoms with Crippen LogP contribution in [0.15, 0.2) is 53.5 Å². The van der Waals surface area contributed by atoms with E-state index in [-0.39, 0.29) is 12.0 Å². The molecule has 0 saturated heterocycles. The number of guanidine groups is 1. The third kappa shape index (κ3) is 2.61. The fourth-order valence-electron chi connectivity index (χ4n) is 2.80. The summed E-state index contributed by atoms with van der Waals surface area (Å²) in [7, 11) is 3.33. The number of rotatable bonds is 2. The van der Waals surface area contributed by atoms with Gasteiger partial charge in [-0.15, -0.1) is 0 Å². The molecule has 2 aromatic carbocycles. The summed E-state index contributed by atoms with van der Waals surface area (Å²) in [5.41, 5.74) is 7.96. The number of carbonyl (C=O) groups is 1. The van der Waals surface area contributed by atoms with Crippen LogP contribution < -0.4 is 5.73 Å². The van der Waals surface area contributed by atoms with Crippen LogP contribution in [0, 0.1) is 0 Å². The normalized spacial score (nSPS) is 21.0. The number of hydrogen-bond donors (Lipinski definition) is 1. The number of benzene rings is 2. The van der Waals surface area contributed by atoms with Gasteiger partial charge in [0.05, 0.1) is 0 Å². The maximum Gasteiger partial charge on any atom is 0.328 e. The minimum absolute atomic E-state index is 0.196.